The maximum absolute atomic E-state index is 0. The monoisotopic (exact) mass is 292 g/mol. The summed E-state index contributed by atoms with van der Waals surface area (Å²) in [5.74, 6) is 0. The number of hydrogen-bond donors (Lipinski definition) is 0. The molecule has 0 heterocycles. The number of halogens is 5. The summed E-state index contributed by atoms with van der Waals surface area (Å²) in [5, 5.41) is 0. The minimum atomic E-state index is 0. The molecule has 0 atom stereocenters. The molecule has 0 unspecified atom stereocenters. The quantitative estimate of drug-likeness (QED) is 0.390. The predicted molar refractivity (Wildman–Crippen MR) is 5.75 cm³/mol. The average Bonchev–Trinajstić information content (AvgIpc) is 0. The van der Waals surface area contributed by atoms with E-state index in [0.717, 1.165) is 0 Å². The molecular weight excluding hydrogens is 295 g/mol. The van der Waals surface area contributed by atoms with Crippen LogP contribution in [-0.2, 0) is 26.2 Å². The van der Waals surface area contributed by atoms with E-state index in [9.17, 15) is 0 Å². The molecule has 0 saturated carbocycles. The van der Waals surface area contributed by atoms with E-state index in [1.165, 1.54) is 0 Å². The molecule has 0 aromatic rings. The topological polar surface area (TPSA) is 0 Å². The van der Waals surface area contributed by atoms with E-state index in [1.807, 2.05) is 0 Å². The summed E-state index contributed by atoms with van der Waals surface area (Å²) >= 11 is 0. The molecule has 0 aliphatic rings. The van der Waals surface area contributed by atoms with Gasteiger partial charge in [-0.1, -0.05) is 0 Å². The smallest absolute Gasteiger partial charge is 1.00 e. The maximum atomic E-state index is 0. The summed E-state index contributed by atoms with van der Waals surface area (Å²) in [5.41, 5.74) is 0. The Bertz CT molecular complexity index is 8.04. The van der Waals surface area contributed by atoms with Gasteiger partial charge in [-0.05, 0) is 0 Å². The Balaban J connectivity index is 0. The first-order valence-electron chi connectivity index (χ1n) is 0. The van der Waals surface area contributed by atoms with Gasteiger partial charge in [0.15, 0.2) is 0 Å². The molecule has 0 amide bonds. The normalized spacial score (nSPS) is 0. The van der Waals surface area contributed by atoms with Gasteiger partial charge >= 0.3 is 43.6 Å². The fourth-order valence-corrected chi connectivity index (χ4v) is 0. The van der Waals surface area contributed by atoms with Gasteiger partial charge in [-0.2, -0.15) is 0 Å². The molecular formula is AlCl5Zr. The van der Waals surface area contributed by atoms with Crippen LogP contribution in [-0.4, -0.2) is 17.4 Å². The van der Waals surface area contributed by atoms with Gasteiger partial charge in [0.2, 0.25) is 0 Å². The Hall–Kier alpha value is 2.87. The standard InChI is InChI=1S/Al.5ClH.Zr/h;5*1H;/q+3;;;;;;+2/p-5. The van der Waals surface area contributed by atoms with E-state index in [2.05, 4.69) is 0 Å². The number of hydrogen-bond acceptors (Lipinski definition) is 0. The second-order valence-corrected chi connectivity index (χ2v) is 0. The molecule has 0 saturated heterocycles. The summed E-state index contributed by atoms with van der Waals surface area (Å²) < 4.78 is 0. The van der Waals surface area contributed by atoms with Crippen LogP contribution in [0.5, 0.6) is 0 Å². The summed E-state index contributed by atoms with van der Waals surface area (Å²) in [6, 6.07) is 0. The zero-order chi connectivity index (χ0) is 0. The molecule has 0 spiro atoms. The van der Waals surface area contributed by atoms with E-state index < -0.39 is 0 Å². The molecule has 0 bridgehead atoms. The predicted octanol–water partition coefficient (Wildman–Crippen LogP) is -15.4. The fourth-order valence-electron chi connectivity index (χ4n) is 0. The maximum Gasteiger partial charge on any atom is 3.00 e. The van der Waals surface area contributed by atoms with Crippen molar-refractivity contribution in [1.29, 1.82) is 0 Å². The van der Waals surface area contributed by atoms with Gasteiger partial charge in [0, 0.05) is 0 Å². The van der Waals surface area contributed by atoms with Crippen molar-refractivity contribution in [2.45, 2.75) is 0 Å². The Kier molecular flexibility index (Phi) is 901. The minimum Gasteiger partial charge on any atom is -1.00 e. The first kappa shape index (κ1) is 94.4. The molecule has 42 valence electrons. The van der Waals surface area contributed by atoms with Crippen molar-refractivity contribution in [2.75, 3.05) is 0 Å². The third kappa shape index (κ3) is 50.9. The van der Waals surface area contributed by atoms with Gasteiger partial charge in [-0.15, -0.1) is 0 Å². The van der Waals surface area contributed by atoms with Crippen molar-refractivity contribution in [3.05, 3.63) is 0 Å². The van der Waals surface area contributed by atoms with Crippen LogP contribution in [0.4, 0.5) is 0 Å². The van der Waals surface area contributed by atoms with Gasteiger partial charge < -0.3 is 62.0 Å². The van der Waals surface area contributed by atoms with Crippen LogP contribution in [0.1, 0.15) is 0 Å². The van der Waals surface area contributed by atoms with Crippen molar-refractivity contribution in [2.24, 2.45) is 0 Å². The Morgan fingerprint density at radius 1 is 0.429 bits per heavy atom. The van der Waals surface area contributed by atoms with Crippen molar-refractivity contribution < 1.29 is 88.2 Å². The minimum absolute atomic E-state index is 0. The molecule has 0 aromatic heterocycles. The molecule has 0 N–H and O–H groups in total. The van der Waals surface area contributed by atoms with Crippen molar-refractivity contribution in [3.8, 4) is 0 Å². The van der Waals surface area contributed by atoms with Crippen LogP contribution >= 0.6 is 0 Å². The van der Waals surface area contributed by atoms with E-state index in [0.29, 0.717) is 0 Å². The second-order valence-electron chi connectivity index (χ2n) is 0. The Morgan fingerprint density at radius 2 is 0.429 bits per heavy atom. The Morgan fingerprint density at radius 3 is 0.429 bits per heavy atom. The van der Waals surface area contributed by atoms with Gasteiger partial charge in [-0.25, -0.2) is 0 Å². The fraction of sp³-hybridized carbons (Fsp3) is 0. The average molecular weight is 295 g/mol. The molecule has 0 nitrogen and oxygen atoms in total. The van der Waals surface area contributed by atoms with E-state index in [1.54, 1.807) is 0 Å². The van der Waals surface area contributed by atoms with Crippen molar-refractivity contribution in [1.82, 2.24) is 0 Å². The van der Waals surface area contributed by atoms with Gasteiger partial charge in [0.1, 0.15) is 0 Å². The third-order valence-corrected chi connectivity index (χ3v) is 0. The molecule has 0 aromatic carbocycles. The first-order valence-corrected chi connectivity index (χ1v) is 0. The van der Waals surface area contributed by atoms with E-state index in [4.69, 9.17) is 0 Å². The van der Waals surface area contributed by atoms with Crippen LogP contribution in [0.3, 0.4) is 0 Å². The SMILES string of the molecule is [Al+3].[Cl-].[Cl-].[Cl-].[Cl-].[Cl-].[Zr+2]. The van der Waals surface area contributed by atoms with Crippen molar-refractivity contribution in [3.63, 3.8) is 0 Å². The first-order chi connectivity index (χ1) is 0. The summed E-state index contributed by atoms with van der Waals surface area (Å²) in [6.45, 7) is 0. The van der Waals surface area contributed by atoms with Crippen molar-refractivity contribution >= 4 is 17.4 Å². The second kappa shape index (κ2) is 66.8. The van der Waals surface area contributed by atoms with Crippen LogP contribution < -0.4 is 62.0 Å². The number of rotatable bonds is 0. The molecule has 0 aliphatic carbocycles. The van der Waals surface area contributed by atoms with E-state index >= 15 is 0 Å². The summed E-state index contributed by atoms with van der Waals surface area (Å²) in [4.78, 5) is 0. The van der Waals surface area contributed by atoms with Crippen LogP contribution in [0.15, 0.2) is 0 Å². The van der Waals surface area contributed by atoms with Crippen LogP contribution in [0.25, 0.3) is 0 Å². The van der Waals surface area contributed by atoms with Gasteiger partial charge in [0.05, 0.1) is 0 Å². The zero-order valence-electron chi connectivity index (χ0n) is 2.97. The van der Waals surface area contributed by atoms with Crippen LogP contribution in [0.2, 0.25) is 0 Å². The molecule has 0 fully saturated rings. The molecule has 7 heavy (non-hydrogen) atoms. The molecule has 0 aliphatic heterocycles. The third-order valence-electron chi connectivity index (χ3n) is 0. The molecule has 0 radical (unpaired) electrons. The Labute approximate surface area is 104 Å². The van der Waals surface area contributed by atoms with Gasteiger partial charge in [-0.3, -0.25) is 0 Å². The summed E-state index contributed by atoms with van der Waals surface area (Å²) in [6.07, 6.45) is 0. The molecule has 7 heteroatoms. The van der Waals surface area contributed by atoms with Gasteiger partial charge in [0.25, 0.3) is 0 Å². The van der Waals surface area contributed by atoms with E-state index in [-0.39, 0.29) is 106 Å². The zero-order valence-corrected chi connectivity index (χ0v) is 10.4. The largest absolute Gasteiger partial charge is 3.00 e. The molecule has 0 rings (SSSR count). The van der Waals surface area contributed by atoms with Crippen LogP contribution in [0, 0.1) is 0 Å². The summed E-state index contributed by atoms with van der Waals surface area (Å²) in [7, 11) is 0.